The average molecular weight is 254 g/mol. The van der Waals surface area contributed by atoms with Crippen LogP contribution in [-0.4, -0.2) is 38.0 Å². The Balaban J connectivity index is 2.35. The monoisotopic (exact) mass is 254 g/mol. The lowest BCUT2D eigenvalue weighted by molar-refractivity contribution is -0.137. The molecule has 1 heterocycles. The van der Waals surface area contributed by atoms with E-state index in [9.17, 15) is 9.59 Å². The molecule has 0 saturated carbocycles. The summed E-state index contributed by atoms with van der Waals surface area (Å²) < 4.78 is 1.55. The molecule has 0 radical (unpaired) electrons. The number of aromatic nitrogens is 3. The van der Waals surface area contributed by atoms with Crippen LogP contribution in [0.2, 0.25) is 0 Å². The molecule has 7 nitrogen and oxygen atoms in total. The van der Waals surface area contributed by atoms with E-state index in [1.54, 1.807) is 10.9 Å². The first-order chi connectivity index (χ1) is 8.47. The van der Waals surface area contributed by atoms with Crippen LogP contribution in [0.1, 0.15) is 32.4 Å². The van der Waals surface area contributed by atoms with Gasteiger partial charge in [0.15, 0.2) is 0 Å². The number of carbonyl (C=O) groups excluding carboxylic acids is 1. The van der Waals surface area contributed by atoms with Crippen LogP contribution in [-0.2, 0) is 22.6 Å². The molecule has 0 fully saturated rings. The number of carboxylic acid groups (broad SMARTS) is 1. The van der Waals surface area contributed by atoms with E-state index in [1.165, 1.54) is 0 Å². The SMILES string of the molecule is CC(C)NC(=O)CCn1cc(CCC(=O)O)nn1. The molecule has 0 spiro atoms. The molecule has 1 amide bonds. The summed E-state index contributed by atoms with van der Waals surface area (Å²) >= 11 is 0. The number of rotatable bonds is 7. The summed E-state index contributed by atoms with van der Waals surface area (Å²) in [5.41, 5.74) is 0.627. The Morgan fingerprint density at radius 1 is 1.44 bits per heavy atom. The molecule has 0 bridgehead atoms. The predicted molar refractivity (Wildman–Crippen MR) is 63.9 cm³/mol. The Kier molecular flexibility index (Phi) is 5.29. The van der Waals surface area contributed by atoms with Crippen LogP contribution in [0.4, 0.5) is 0 Å². The highest BCUT2D eigenvalue weighted by Crippen LogP contribution is 1.99. The number of carboxylic acids is 1. The standard InChI is InChI=1S/C11H18N4O3/c1-8(2)12-10(16)5-6-15-7-9(13-14-15)3-4-11(17)18/h7-8H,3-6H2,1-2H3,(H,12,16)(H,17,18). The molecular formula is C11H18N4O3. The topological polar surface area (TPSA) is 97.1 Å². The number of carbonyl (C=O) groups is 2. The molecule has 1 rings (SSSR count). The van der Waals surface area contributed by atoms with Crippen molar-refractivity contribution in [2.24, 2.45) is 0 Å². The lowest BCUT2D eigenvalue weighted by Crippen LogP contribution is -2.30. The molecule has 0 aromatic carbocycles. The third-order valence-electron chi connectivity index (χ3n) is 2.20. The molecule has 18 heavy (non-hydrogen) atoms. The second-order valence-electron chi connectivity index (χ2n) is 4.34. The quantitative estimate of drug-likeness (QED) is 0.725. The summed E-state index contributed by atoms with van der Waals surface area (Å²) in [5, 5.41) is 19.0. The fourth-order valence-electron chi connectivity index (χ4n) is 1.41. The predicted octanol–water partition coefficient (Wildman–Crippen LogP) is 0.210. The molecule has 0 aliphatic carbocycles. The normalized spacial score (nSPS) is 10.6. The van der Waals surface area contributed by atoms with Gasteiger partial charge in [-0.1, -0.05) is 5.21 Å². The highest BCUT2D eigenvalue weighted by atomic mass is 16.4. The summed E-state index contributed by atoms with van der Waals surface area (Å²) in [4.78, 5) is 21.8. The van der Waals surface area contributed by atoms with Crippen LogP contribution < -0.4 is 5.32 Å². The third kappa shape index (κ3) is 5.42. The third-order valence-corrected chi connectivity index (χ3v) is 2.20. The van der Waals surface area contributed by atoms with Crippen molar-refractivity contribution < 1.29 is 14.7 Å². The van der Waals surface area contributed by atoms with Gasteiger partial charge in [-0.15, -0.1) is 5.10 Å². The minimum atomic E-state index is -0.860. The van der Waals surface area contributed by atoms with Crippen molar-refractivity contribution in [3.05, 3.63) is 11.9 Å². The Bertz CT molecular complexity index is 414. The van der Waals surface area contributed by atoms with E-state index in [-0.39, 0.29) is 18.4 Å². The van der Waals surface area contributed by atoms with Crippen LogP contribution in [0, 0.1) is 0 Å². The summed E-state index contributed by atoms with van der Waals surface area (Å²) in [7, 11) is 0. The zero-order valence-corrected chi connectivity index (χ0v) is 10.6. The Hall–Kier alpha value is -1.92. The summed E-state index contributed by atoms with van der Waals surface area (Å²) in [6.07, 6.45) is 2.39. The Labute approximate surface area is 105 Å². The maximum Gasteiger partial charge on any atom is 0.303 e. The lowest BCUT2D eigenvalue weighted by atomic mass is 10.2. The molecule has 2 N–H and O–H groups in total. The van der Waals surface area contributed by atoms with Gasteiger partial charge in [0.25, 0.3) is 0 Å². The van der Waals surface area contributed by atoms with Gasteiger partial charge in [0.05, 0.1) is 18.7 Å². The number of hydrogen-bond acceptors (Lipinski definition) is 4. The van der Waals surface area contributed by atoms with Crippen molar-refractivity contribution >= 4 is 11.9 Å². The minimum absolute atomic E-state index is 0.0343. The van der Waals surface area contributed by atoms with Crippen molar-refractivity contribution in [3.8, 4) is 0 Å². The number of hydrogen-bond donors (Lipinski definition) is 2. The highest BCUT2D eigenvalue weighted by Gasteiger charge is 2.06. The highest BCUT2D eigenvalue weighted by molar-refractivity contribution is 5.76. The fraction of sp³-hybridized carbons (Fsp3) is 0.636. The van der Waals surface area contributed by atoms with Crippen molar-refractivity contribution in [3.63, 3.8) is 0 Å². The number of nitrogens with one attached hydrogen (secondary N) is 1. The molecule has 1 aromatic rings. The number of aryl methyl sites for hydroxylation is 2. The molecule has 7 heteroatoms. The van der Waals surface area contributed by atoms with Gasteiger partial charge < -0.3 is 10.4 Å². The summed E-state index contributed by atoms with van der Waals surface area (Å²) in [5.74, 6) is -0.895. The zero-order chi connectivity index (χ0) is 13.5. The molecular weight excluding hydrogens is 236 g/mol. The Morgan fingerprint density at radius 3 is 2.78 bits per heavy atom. The smallest absolute Gasteiger partial charge is 0.303 e. The molecule has 100 valence electrons. The second-order valence-corrected chi connectivity index (χ2v) is 4.34. The number of aliphatic carboxylic acids is 1. The largest absolute Gasteiger partial charge is 0.481 e. The van der Waals surface area contributed by atoms with Gasteiger partial charge >= 0.3 is 5.97 Å². The van der Waals surface area contributed by atoms with E-state index >= 15 is 0 Å². The van der Waals surface area contributed by atoms with E-state index < -0.39 is 5.97 Å². The van der Waals surface area contributed by atoms with E-state index in [0.717, 1.165) is 0 Å². The van der Waals surface area contributed by atoms with E-state index in [4.69, 9.17) is 5.11 Å². The minimum Gasteiger partial charge on any atom is -0.481 e. The Morgan fingerprint density at radius 2 is 2.17 bits per heavy atom. The maximum atomic E-state index is 11.4. The van der Waals surface area contributed by atoms with Gasteiger partial charge in [-0.25, -0.2) is 0 Å². The van der Waals surface area contributed by atoms with Crippen molar-refractivity contribution in [1.82, 2.24) is 20.3 Å². The second kappa shape index (κ2) is 6.73. The first-order valence-electron chi connectivity index (χ1n) is 5.87. The van der Waals surface area contributed by atoms with Gasteiger partial charge in [0.2, 0.25) is 5.91 Å². The molecule has 0 aliphatic heterocycles. The van der Waals surface area contributed by atoms with Gasteiger partial charge in [0, 0.05) is 25.1 Å². The van der Waals surface area contributed by atoms with Gasteiger partial charge in [-0.3, -0.25) is 14.3 Å². The van der Waals surface area contributed by atoms with Gasteiger partial charge in [-0.05, 0) is 13.8 Å². The molecule has 1 aromatic heterocycles. The van der Waals surface area contributed by atoms with Crippen LogP contribution >= 0.6 is 0 Å². The number of nitrogens with zero attached hydrogens (tertiary/aromatic N) is 3. The summed E-state index contributed by atoms with van der Waals surface area (Å²) in [6.45, 7) is 4.24. The van der Waals surface area contributed by atoms with E-state index in [0.29, 0.717) is 25.1 Å². The van der Waals surface area contributed by atoms with Gasteiger partial charge in [0.1, 0.15) is 0 Å². The zero-order valence-electron chi connectivity index (χ0n) is 10.6. The van der Waals surface area contributed by atoms with Crippen LogP contribution in [0.25, 0.3) is 0 Å². The van der Waals surface area contributed by atoms with E-state index in [2.05, 4.69) is 15.6 Å². The van der Waals surface area contributed by atoms with E-state index in [1.807, 2.05) is 13.8 Å². The molecule has 0 saturated heterocycles. The number of amides is 1. The molecule has 0 aliphatic rings. The van der Waals surface area contributed by atoms with Crippen LogP contribution in [0.5, 0.6) is 0 Å². The molecule has 0 unspecified atom stereocenters. The van der Waals surface area contributed by atoms with Crippen LogP contribution in [0.15, 0.2) is 6.20 Å². The lowest BCUT2D eigenvalue weighted by Gasteiger charge is -2.07. The van der Waals surface area contributed by atoms with Gasteiger partial charge in [-0.2, -0.15) is 0 Å². The molecule has 0 atom stereocenters. The van der Waals surface area contributed by atoms with Crippen molar-refractivity contribution in [1.29, 1.82) is 0 Å². The van der Waals surface area contributed by atoms with Crippen molar-refractivity contribution in [2.75, 3.05) is 0 Å². The summed E-state index contributed by atoms with van der Waals surface area (Å²) in [6, 6.07) is 0.124. The fourth-order valence-corrected chi connectivity index (χ4v) is 1.41. The first-order valence-corrected chi connectivity index (χ1v) is 5.87. The van der Waals surface area contributed by atoms with Crippen LogP contribution in [0.3, 0.4) is 0 Å². The van der Waals surface area contributed by atoms with Crippen molar-refractivity contribution in [2.45, 2.75) is 45.7 Å². The average Bonchev–Trinajstić information content (AvgIpc) is 2.70. The first kappa shape index (κ1) is 14.1. The maximum absolute atomic E-state index is 11.4.